The highest BCUT2D eigenvalue weighted by Gasteiger charge is 2.18. The van der Waals surface area contributed by atoms with Crippen LogP contribution in [-0.4, -0.2) is 16.6 Å². The summed E-state index contributed by atoms with van der Waals surface area (Å²) in [4.78, 5) is 26.7. The topological polar surface area (TPSA) is 50.5 Å². The molecule has 0 fully saturated rings. The number of hydrogen-bond acceptors (Lipinski definition) is 3. The van der Waals surface area contributed by atoms with Gasteiger partial charge in [0.05, 0.1) is 12.8 Å². The van der Waals surface area contributed by atoms with Crippen molar-refractivity contribution in [3.63, 3.8) is 0 Å². The Labute approximate surface area is 157 Å². The molecule has 0 bridgehead atoms. The van der Waals surface area contributed by atoms with E-state index in [1.54, 1.807) is 17.2 Å². The van der Waals surface area contributed by atoms with Crippen LogP contribution in [0.1, 0.15) is 34.5 Å². The van der Waals surface area contributed by atoms with Gasteiger partial charge in [0.15, 0.2) is 5.78 Å². The van der Waals surface area contributed by atoms with E-state index >= 15 is 0 Å². The van der Waals surface area contributed by atoms with Gasteiger partial charge in [-0.1, -0.05) is 30.3 Å². The summed E-state index contributed by atoms with van der Waals surface area (Å²) in [5.41, 5.74) is 1.41. The first-order chi connectivity index (χ1) is 13.1. The van der Waals surface area contributed by atoms with Crippen molar-refractivity contribution in [2.45, 2.75) is 25.9 Å². The van der Waals surface area contributed by atoms with Crippen molar-refractivity contribution in [3.8, 4) is 0 Å². The van der Waals surface area contributed by atoms with Crippen LogP contribution in [0.25, 0.3) is 0 Å². The number of Topliss-reactive ketones (excluding diaryl/α,β-unsaturated/α-hetero) is 1. The molecule has 1 amide bonds. The predicted molar refractivity (Wildman–Crippen MR) is 99.4 cm³/mol. The number of carbonyl (C=O) groups excluding carboxylic acids is 2. The van der Waals surface area contributed by atoms with Crippen molar-refractivity contribution >= 4 is 11.7 Å². The molecule has 3 rings (SSSR count). The molecule has 3 aromatic rings. The van der Waals surface area contributed by atoms with Crippen LogP contribution in [0.2, 0.25) is 0 Å². The van der Waals surface area contributed by atoms with Crippen LogP contribution >= 0.6 is 0 Å². The summed E-state index contributed by atoms with van der Waals surface area (Å²) in [6.07, 6.45) is 1.73. The van der Waals surface area contributed by atoms with E-state index in [1.165, 1.54) is 24.3 Å². The molecule has 1 aromatic heterocycles. The summed E-state index contributed by atoms with van der Waals surface area (Å²) < 4.78 is 18.3. The number of hydrogen-bond donors (Lipinski definition) is 0. The van der Waals surface area contributed by atoms with E-state index in [0.717, 1.165) is 5.56 Å². The fourth-order valence-electron chi connectivity index (χ4n) is 2.79. The number of nitrogens with zero attached hydrogens (tertiary/aromatic N) is 1. The van der Waals surface area contributed by atoms with E-state index in [1.807, 2.05) is 36.4 Å². The first-order valence-corrected chi connectivity index (χ1v) is 8.74. The SMILES string of the molecule is O=C(CCC(=O)N(Cc1ccccc1)Cc1ccco1)c1ccc(F)cc1. The summed E-state index contributed by atoms with van der Waals surface area (Å²) in [7, 11) is 0. The molecule has 0 aliphatic heterocycles. The van der Waals surface area contributed by atoms with Crippen LogP contribution in [0.15, 0.2) is 77.4 Å². The number of halogens is 1. The second-order valence-corrected chi connectivity index (χ2v) is 6.24. The molecule has 138 valence electrons. The van der Waals surface area contributed by atoms with Crippen molar-refractivity contribution in [2.75, 3.05) is 0 Å². The molecular weight excluding hydrogens is 345 g/mol. The zero-order chi connectivity index (χ0) is 19.1. The Morgan fingerprint density at radius 3 is 2.26 bits per heavy atom. The molecule has 27 heavy (non-hydrogen) atoms. The zero-order valence-electron chi connectivity index (χ0n) is 14.8. The van der Waals surface area contributed by atoms with E-state index in [2.05, 4.69) is 0 Å². The summed E-state index contributed by atoms with van der Waals surface area (Å²) in [5, 5.41) is 0. The number of furan rings is 1. The largest absolute Gasteiger partial charge is 0.467 e. The van der Waals surface area contributed by atoms with Gasteiger partial charge in [-0.05, 0) is 42.0 Å². The highest BCUT2D eigenvalue weighted by atomic mass is 19.1. The average Bonchev–Trinajstić information content (AvgIpc) is 3.20. The van der Waals surface area contributed by atoms with Gasteiger partial charge in [-0.25, -0.2) is 4.39 Å². The molecule has 0 saturated heterocycles. The van der Waals surface area contributed by atoms with E-state index in [0.29, 0.717) is 24.4 Å². The summed E-state index contributed by atoms with van der Waals surface area (Å²) >= 11 is 0. The van der Waals surface area contributed by atoms with Crippen molar-refractivity contribution in [1.29, 1.82) is 0 Å². The highest BCUT2D eigenvalue weighted by Crippen LogP contribution is 2.14. The van der Waals surface area contributed by atoms with Gasteiger partial charge in [0.2, 0.25) is 5.91 Å². The Bertz CT molecular complexity index is 874. The van der Waals surface area contributed by atoms with Gasteiger partial charge in [0, 0.05) is 24.9 Å². The number of benzene rings is 2. The minimum atomic E-state index is -0.393. The summed E-state index contributed by atoms with van der Waals surface area (Å²) in [6.45, 7) is 0.774. The van der Waals surface area contributed by atoms with Crippen molar-refractivity contribution < 1.29 is 18.4 Å². The molecule has 5 heteroatoms. The average molecular weight is 365 g/mol. The fourth-order valence-corrected chi connectivity index (χ4v) is 2.79. The summed E-state index contributed by atoms with van der Waals surface area (Å²) in [5.74, 6) is -0.0222. The molecule has 0 atom stereocenters. The van der Waals surface area contributed by atoms with Gasteiger partial charge in [0.1, 0.15) is 11.6 Å². The summed E-state index contributed by atoms with van der Waals surface area (Å²) in [6, 6.07) is 18.6. The third-order valence-electron chi connectivity index (χ3n) is 4.23. The van der Waals surface area contributed by atoms with Crippen LogP contribution in [0.3, 0.4) is 0 Å². The Morgan fingerprint density at radius 2 is 1.59 bits per heavy atom. The lowest BCUT2D eigenvalue weighted by molar-refractivity contribution is -0.132. The quantitative estimate of drug-likeness (QED) is 0.548. The molecule has 4 nitrogen and oxygen atoms in total. The number of rotatable bonds is 8. The van der Waals surface area contributed by atoms with Crippen LogP contribution in [0.4, 0.5) is 4.39 Å². The van der Waals surface area contributed by atoms with E-state index in [4.69, 9.17) is 4.42 Å². The molecule has 0 radical (unpaired) electrons. The number of ketones is 1. The van der Waals surface area contributed by atoms with Gasteiger partial charge in [-0.3, -0.25) is 9.59 Å². The minimum Gasteiger partial charge on any atom is -0.467 e. The van der Waals surface area contributed by atoms with Gasteiger partial charge in [-0.15, -0.1) is 0 Å². The standard InChI is InChI=1S/C22H20FNO3/c23-19-10-8-18(9-11-19)21(25)12-13-22(26)24(16-20-7-4-14-27-20)15-17-5-2-1-3-6-17/h1-11,14H,12-13,15-16H2. The lowest BCUT2D eigenvalue weighted by atomic mass is 10.1. The van der Waals surface area contributed by atoms with Crippen molar-refractivity contribution in [2.24, 2.45) is 0 Å². The Kier molecular flexibility index (Phi) is 6.15. The molecule has 0 unspecified atom stereocenters. The van der Waals surface area contributed by atoms with Gasteiger partial charge in [0.25, 0.3) is 0 Å². The third kappa shape index (κ3) is 5.38. The van der Waals surface area contributed by atoms with Gasteiger partial charge < -0.3 is 9.32 Å². The molecule has 0 aliphatic rings. The zero-order valence-corrected chi connectivity index (χ0v) is 14.8. The van der Waals surface area contributed by atoms with Gasteiger partial charge >= 0.3 is 0 Å². The highest BCUT2D eigenvalue weighted by molar-refractivity contribution is 5.97. The molecule has 0 aliphatic carbocycles. The van der Waals surface area contributed by atoms with Gasteiger partial charge in [-0.2, -0.15) is 0 Å². The second-order valence-electron chi connectivity index (χ2n) is 6.24. The normalized spacial score (nSPS) is 10.6. The molecule has 0 spiro atoms. The van der Waals surface area contributed by atoms with E-state index in [-0.39, 0.29) is 24.5 Å². The lowest BCUT2D eigenvalue weighted by Crippen LogP contribution is -2.30. The lowest BCUT2D eigenvalue weighted by Gasteiger charge is -2.22. The van der Waals surface area contributed by atoms with Crippen molar-refractivity contribution in [1.82, 2.24) is 4.90 Å². The molecule has 2 aromatic carbocycles. The Hall–Kier alpha value is -3.21. The Balaban J connectivity index is 1.64. The smallest absolute Gasteiger partial charge is 0.223 e. The van der Waals surface area contributed by atoms with Crippen LogP contribution < -0.4 is 0 Å². The minimum absolute atomic E-state index is 0.0773. The van der Waals surface area contributed by atoms with Crippen LogP contribution in [0, 0.1) is 5.82 Å². The second kappa shape index (κ2) is 8.94. The number of carbonyl (C=O) groups is 2. The van der Waals surface area contributed by atoms with Crippen molar-refractivity contribution in [3.05, 3.63) is 95.7 Å². The van der Waals surface area contributed by atoms with Crippen LogP contribution in [-0.2, 0) is 17.9 Å². The molecular formula is C22H20FNO3. The Morgan fingerprint density at radius 1 is 0.852 bits per heavy atom. The molecule has 1 heterocycles. The number of amides is 1. The van der Waals surface area contributed by atoms with E-state index in [9.17, 15) is 14.0 Å². The fraction of sp³-hybridized carbons (Fsp3) is 0.182. The van der Waals surface area contributed by atoms with E-state index < -0.39 is 5.82 Å². The first kappa shape index (κ1) is 18.6. The third-order valence-corrected chi connectivity index (χ3v) is 4.23. The molecule has 0 N–H and O–H groups in total. The predicted octanol–water partition coefficient (Wildman–Crippen LogP) is 4.61. The monoisotopic (exact) mass is 365 g/mol. The maximum absolute atomic E-state index is 13.0. The maximum Gasteiger partial charge on any atom is 0.223 e. The molecule has 0 saturated carbocycles. The first-order valence-electron chi connectivity index (χ1n) is 8.74. The maximum atomic E-state index is 13.0. The van der Waals surface area contributed by atoms with Crippen LogP contribution in [0.5, 0.6) is 0 Å².